The highest BCUT2D eigenvalue weighted by atomic mass is 35.5. The van der Waals surface area contributed by atoms with Crippen molar-refractivity contribution < 1.29 is 0 Å². The molecule has 1 aliphatic carbocycles. The van der Waals surface area contributed by atoms with Crippen molar-refractivity contribution >= 4 is 17.4 Å². The molecule has 2 aromatic rings. The van der Waals surface area contributed by atoms with Gasteiger partial charge in [0.25, 0.3) is 0 Å². The van der Waals surface area contributed by atoms with Crippen molar-refractivity contribution in [1.29, 1.82) is 0 Å². The molecule has 0 saturated heterocycles. The quantitative estimate of drug-likeness (QED) is 0.645. The Bertz CT molecular complexity index is 578. The molecule has 1 N–H and O–H groups in total. The summed E-state index contributed by atoms with van der Waals surface area (Å²) in [4.78, 5) is 8.95. The molecule has 0 aliphatic heterocycles. The molecule has 4 heteroatoms. The Morgan fingerprint density at radius 1 is 0.952 bits per heavy atom. The lowest BCUT2D eigenvalue weighted by atomic mass is 10.1. The van der Waals surface area contributed by atoms with Crippen LogP contribution in [0.1, 0.15) is 38.5 Å². The molecular weight excluding hydrogens is 282 g/mol. The summed E-state index contributed by atoms with van der Waals surface area (Å²) in [6, 6.07) is 12.3. The molecule has 1 aromatic heterocycles. The molecule has 0 radical (unpaired) electrons. The first-order valence-electron chi connectivity index (χ1n) is 7.68. The molecular formula is C17H20ClN3. The van der Waals surface area contributed by atoms with Crippen molar-refractivity contribution in [2.45, 2.75) is 44.6 Å². The monoisotopic (exact) mass is 301 g/mol. The van der Waals surface area contributed by atoms with Gasteiger partial charge in [0.1, 0.15) is 11.0 Å². The van der Waals surface area contributed by atoms with Crippen LogP contribution in [0.5, 0.6) is 0 Å². The third kappa shape index (κ3) is 3.94. The minimum atomic E-state index is 0.486. The third-order valence-electron chi connectivity index (χ3n) is 3.93. The van der Waals surface area contributed by atoms with Crippen LogP contribution in [0.4, 0.5) is 5.82 Å². The fraction of sp³-hybridized carbons (Fsp3) is 0.412. The lowest BCUT2D eigenvalue weighted by Crippen LogP contribution is -2.19. The molecule has 1 fully saturated rings. The molecule has 3 rings (SSSR count). The van der Waals surface area contributed by atoms with Gasteiger partial charge in [-0.1, -0.05) is 67.6 Å². The van der Waals surface area contributed by atoms with Gasteiger partial charge < -0.3 is 5.32 Å². The first-order chi connectivity index (χ1) is 10.3. The van der Waals surface area contributed by atoms with Gasteiger partial charge in [-0.25, -0.2) is 9.97 Å². The number of anilines is 1. The summed E-state index contributed by atoms with van der Waals surface area (Å²) in [5.41, 5.74) is 0.990. The Morgan fingerprint density at radius 2 is 1.67 bits per heavy atom. The van der Waals surface area contributed by atoms with E-state index in [9.17, 15) is 0 Å². The van der Waals surface area contributed by atoms with Crippen molar-refractivity contribution in [3.05, 3.63) is 41.6 Å². The van der Waals surface area contributed by atoms with Gasteiger partial charge in [-0.2, -0.15) is 0 Å². The summed E-state index contributed by atoms with van der Waals surface area (Å²) >= 11 is 6.16. The molecule has 0 bridgehead atoms. The Labute approximate surface area is 130 Å². The predicted molar refractivity (Wildman–Crippen MR) is 87.6 cm³/mol. The van der Waals surface area contributed by atoms with Crippen molar-refractivity contribution in [1.82, 2.24) is 9.97 Å². The summed E-state index contributed by atoms with van der Waals surface area (Å²) < 4.78 is 0. The summed E-state index contributed by atoms with van der Waals surface area (Å²) in [5, 5.41) is 4.02. The molecule has 1 aromatic carbocycles. The minimum Gasteiger partial charge on any atom is -0.367 e. The van der Waals surface area contributed by atoms with E-state index in [2.05, 4.69) is 15.3 Å². The molecule has 0 atom stereocenters. The lowest BCUT2D eigenvalue weighted by Gasteiger charge is -2.17. The maximum atomic E-state index is 6.16. The number of rotatable bonds is 3. The molecule has 0 spiro atoms. The smallest absolute Gasteiger partial charge is 0.163 e. The van der Waals surface area contributed by atoms with Crippen molar-refractivity contribution in [2.24, 2.45) is 0 Å². The van der Waals surface area contributed by atoms with Crippen molar-refractivity contribution in [3.63, 3.8) is 0 Å². The number of aromatic nitrogens is 2. The van der Waals surface area contributed by atoms with E-state index in [4.69, 9.17) is 11.6 Å². The maximum Gasteiger partial charge on any atom is 0.163 e. The second-order valence-electron chi connectivity index (χ2n) is 5.60. The molecule has 0 amide bonds. The van der Waals surface area contributed by atoms with Crippen LogP contribution < -0.4 is 5.32 Å². The van der Waals surface area contributed by atoms with Crippen LogP contribution in [-0.4, -0.2) is 16.0 Å². The summed E-state index contributed by atoms with van der Waals surface area (Å²) in [6.07, 6.45) is 7.70. The Kier molecular flexibility index (Phi) is 4.71. The molecule has 1 aliphatic rings. The number of hydrogen-bond acceptors (Lipinski definition) is 3. The minimum absolute atomic E-state index is 0.486. The Morgan fingerprint density at radius 3 is 2.38 bits per heavy atom. The van der Waals surface area contributed by atoms with Crippen molar-refractivity contribution in [2.75, 3.05) is 5.32 Å². The summed E-state index contributed by atoms with van der Waals surface area (Å²) in [5.74, 6) is 1.51. The van der Waals surface area contributed by atoms with Gasteiger partial charge in [-0.05, 0) is 12.8 Å². The number of halogens is 1. The van der Waals surface area contributed by atoms with Gasteiger partial charge in [-0.15, -0.1) is 0 Å². The summed E-state index contributed by atoms with van der Waals surface area (Å²) in [7, 11) is 0. The maximum absolute atomic E-state index is 6.16. The average Bonchev–Trinajstić information content (AvgIpc) is 2.76. The van der Waals surface area contributed by atoms with Crippen LogP contribution in [0.15, 0.2) is 36.4 Å². The van der Waals surface area contributed by atoms with Crippen LogP contribution in [0.2, 0.25) is 5.15 Å². The third-order valence-corrected chi connectivity index (χ3v) is 4.13. The van der Waals surface area contributed by atoms with E-state index in [1.54, 1.807) is 0 Å². The first-order valence-corrected chi connectivity index (χ1v) is 8.05. The molecule has 110 valence electrons. The normalized spacial score (nSPS) is 16.4. The standard InChI is InChI=1S/C17H20ClN3/c18-15-12-16(19-14-10-6-1-2-7-11-14)21-17(20-15)13-8-4-3-5-9-13/h3-5,8-9,12,14H,1-2,6-7,10-11H2,(H,19,20,21). The Hall–Kier alpha value is -1.61. The van der Waals surface area contributed by atoms with E-state index in [-0.39, 0.29) is 0 Å². The SMILES string of the molecule is Clc1cc(NC2CCCCCC2)nc(-c2ccccc2)n1. The van der Waals surface area contributed by atoms with Gasteiger partial charge in [0.05, 0.1) is 0 Å². The number of benzene rings is 1. The van der Waals surface area contributed by atoms with Gasteiger partial charge >= 0.3 is 0 Å². The second kappa shape index (κ2) is 6.90. The van der Waals surface area contributed by atoms with Crippen LogP contribution in [0.3, 0.4) is 0 Å². The molecule has 1 saturated carbocycles. The molecule has 21 heavy (non-hydrogen) atoms. The van der Waals surface area contributed by atoms with Crippen LogP contribution in [-0.2, 0) is 0 Å². The zero-order valence-electron chi connectivity index (χ0n) is 12.1. The topological polar surface area (TPSA) is 37.8 Å². The fourth-order valence-corrected chi connectivity index (χ4v) is 3.02. The number of nitrogens with one attached hydrogen (secondary N) is 1. The fourth-order valence-electron chi connectivity index (χ4n) is 2.84. The lowest BCUT2D eigenvalue weighted by molar-refractivity contribution is 0.617. The van der Waals surface area contributed by atoms with E-state index in [0.717, 1.165) is 11.4 Å². The Balaban J connectivity index is 1.81. The predicted octanol–water partition coefficient (Wildman–Crippen LogP) is 4.93. The van der Waals surface area contributed by atoms with Gasteiger partial charge in [0, 0.05) is 17.7 Å². The molecule has 1 heterocycles. The van der Waals surface area contributed by atoms with E-state index in [0.29, 0.717) is 17.0 Å². The van der Waals surface area contributed by atoms with Crippen LogP contribution in [0.25, 0.3) is 11.4 Å². The average molecular weight is 302 g/mol. The second-order valence-corrected chi connectivity index (χ2v) is 5.99. The van der Waals surface area contributed by atoms with E-state index in [1.165, 1.54) is 38.5 Å². The highest BCUT2D eigenvalue weighted by Crippen LogP contribution is 2.24. The number of nitrogens with zero attached hydrogens (tertiary/aromatic N) is 2. The van der Waals surface area contributed by atoms with E-state index >= 15 is 0 Å². The number of hydrogen-bond donors (Lipinski definition) is 1. The van der Waals surface area contributed by atoms with Crippen molar-refractivity contribution in [3.8, 4) is 11.4 Å². The largest absolute Gasteiger partial charge is 0.367 e. The van der Waals surface area contributed by atoms with Gasteiger partial charge in [0.2, 0.25) is 0 Å². The molecule has 3 nitrogen and oxygen atoms in total. The van der Waals surface area contributed by atoms with E-state index < -0.39 is 0 Å². The van der Waals surface area contributed by atoms with Crippen LogP contribution >= 0.6 is 11.6 Å². The highest BCUT2D eigenvalue weighted by molar-refractivity contribution is 6.29. The van der Waals surface area contributed by atoms with Gasteiger partial charge in [-0.3, -0.25) is 0 Å². The summed E-state index contributed by atoms with van der Waals surface area (Å²) in [6.45, 7) is 0. The molecule has 0 unspecified atom stereocenters. The highest BCUT2D eigenvalue weighted by Gasteiger charge is 2.13. The van der Waals surface area contributed by atoms with Crippen LogP contribution in [0, 0.1) is 0 Å². The first kappa shape index (κ1) is 14.3. The zero-order chi connectivity index (χ0) is 14.5. The zero-order valence-corrected chi connectivity index (χ0v) is 12.8. The van der Waals surface area contributed by atoms with Gasteiger partial charge in [0.15, 0.2) is 5.82 Å². The van der Waals surface area contributed by atoms with E-state index in [1.807, 2.05) is 36.4 Å².